The molecule has 19 heavy (non-hydrogen) atoms. The Hall–Kier alpha value is -0.610. The second-order valence-electron chi connectivity index (χ2n) is 6.94. The fraction of sp³-hybridized carbons (Fsp3) is 0.933. The lowest BCUT2D eigenvalue weighted by atomic mass is 9.86. The third-order valence-electron chi connectivity index (χ3n) is 5.33. The molecule has 0 bridgehead atoms. The van der Waals surface area contributed by atoms with Crippen molar-refractivity contribution in [1.82, 2.24) is 15.1 Å². The quantitative estimate of drug-likeness (QED) is 0.770. The topological polar surface area (TPSA) is 35.6 Å². The summed E-state index contributed by atoms with van der Waals surface area (Å²) in [5.41, 5.74) is -0.162. The van der Waals surface area contributed by atoms with E-state index in [4.69, 9.17) is 0 Å². The molecule has 0 saturated carbocycles. The summed E-state index contributed by atoms with van der Waals surface area (Å²) in [4.78, 5) is 17.7. The molecule has 0 aromatic rings. The van der Waals surface area contributed by atoms with Crippen molar-refractivity contribution in [2.45, 2.75) is 51.6 Å². The van der Waals surface area contributed by atoms with E-state index in [2.05, 4.69) is 29.0 Å². The normalized spacial score (nSPS) is 40.2. The molecular weight excluding hydrogens is 238 g/mol. The van der Waals surface area contributed by atoms with E-state index in [0.29, 0.717) is 18.0 Å². The largest absolute Gasteiger partial charge is 0.337 e. The van der Waals surface area contributed by atoms with E-state index in [1.165, 1.54) is 25.8 Å². The van der Waals surface area contributed by atoms with Crippen LogP contribution in [0.1, 0.15) is 39.5 Å². The number of hydrogen-bond acceptors (Lipinski definition) is 3. The van der Waals surface area contributed by atoms with E-state index in [0.717, 1.165) is 32.6 Å². The number of fused-ring (bicyclic) bond motifs is 1. The minimum absolute atomic E-state index is 0.162. The summed E-state index contributed by atoms with van der Waals surface area (Å²) in [5, 5.41) is 3.35. The fourth-order valence-electron chi connectivity index (χ4n) is 3.98. The number of nitrogens with one attached hydrogen (secondary N) is 1. The summed E-state index contributed by atoms with van der Waals surface area (Å²) in [7, 11) is 0. The highest BCUT2D eigenvalue weighted by atomic mass is 16.2. The number of nitrogens with zero attached hydrogens (tertiary/aromatic N) is 2. The van der Waals surface area contributed by atoms with Gasteiger partial charge in [0.2, 0.25) is 5.91 Å². The maximum Gasteiger partial charge on any atom is 0.230 e. The van der Waals surface area contributed by atoms with Gasteiger partial charge < -0.3 is 10.2 Å². The Morgan fingerprint density at radius 1 is 1.32 bits per heavy atom. The van der Waals surface area contributed by atoms with Gasteiger partial charge in [-0.15, -0.1) is 0 Å². The molecular formula is C15H27N3O. The van der Waals surface area contributed by atoms with Crippen LogP contribution < -0.4 is 5.32 Å². The van der Waals surface area contributed by atoms with Crippen LogP contribution in [-0.4, -0.2) is 60.5 Å². The Kier molecular flexibility index (Phi) is 3.56. The van der Waals surface area contributed by atoms with Crippen molar-refractivity contribution in [1.29, 1.82) is 0 Å². The molecule has 0 radical (unpaired) electrons. The highest BCUT2D eigenvalue weighted by Crippen LogP contribution is 2.31. The van der Waals surface area contributed by atoms with E-state index in [1.807, 2.05) is 0 Å². The average Bonchev–Trinajstić information content (AvgIpc) is 2.85. The smallest absolute Gasteiger partial charge is 0.230 e. The van der Waals surface area contributed by atoms with Crippen LogP contribution in [0.3, 0.4) is 0 Å². The molecule has 4 heteroatoms. The minimum atomic E-state index is -0.162. The van der Waals surface area contributed by atoms with Gasteiger partial charge >= 0.3 is 0 Å². The van der Waals surface area contributed by atoms with Crippen LogP contribution in [0, 0.1) is 5.41 Å². The maximum atomic E-state index is 12.9. The Morgan fingerprint density at radius 2 is 2.16 bits per heavy atom. The first kappa shape index (κ1) is 13.4. The molecule has 0 aromatic carbocycles. The van der Waals surface area contributed by atoms with Crippen LogP contribution in [0.25, 0.3) is 0 Å². The molecule has 108 valence electrons. The second kappa shape index (κ2) is 5.06. The molecule has 3 aliphatic rings. The highest BCUT2D eigenvalue weighted by Gasteiger charge is 2.43. The van der Waals surface area contributed by atoms with Gasteiger partial charge in [-0.25, -0.2) is 0 Å². The summed E-state index contributed by atoms with van der Waals surface area (Å²) in [6, 6.07) is 0.992. The average molecular weight is 265 g/mol. The third kappa shape index (κ3) is 2.40. The minimum Gasteiger partial charge on any atom is -0.337 e. The van der Waals surface area contributed by atoms with Gasteiger partial charge in [-0.3, -0.25) is 9.69 Å². The molecule has 3 atom stereocenters. The number of hydrogen-bond donors (Lipinski definition) is 1. The van der Waals surface area contributed by atoms with Crippen molar-refractivity contribution in [3.05, 3.63) is 0 Å². The van der Waals surface area contributed by atoms with Crippen LogP contribution in [0.15, 0.2) is 0 Å². The van der Waals surface area contributed by atoms with Gasteiger partial charge in [-0.2, -0.15) is 0 Å². The second-order valence-corrected chi connectivity index (χ2v) is 6.94. The predicted octanol–water partition coefficient (Wildman–Crippen LogP) is 1.07. The number of piperidine rings is 1. The molecule has 4 nitrogen and oxygen atoms in total. The highest BCUT2D eigenvalue weighted by molar-refractivity contribution is 5.83. The van der Waals surface area contributed by atoms with Crippen LogP contribution in [-0.2, 0) is 4.79 Å². The lowest BCUT2D eigenvalue weighted by molar-refractivity contribution is -0.147. The van der Waals surface area contributed by atoms with Crippen molar-refractivity contribution < 1.29 is 4.79 Å². The monoisotopic (exact) mass is 265 g/mol. The molecule has 3 saturated heterocycles. The maximum absolute atomic E-state index is 12.9. The van der Waals surface area contributed by atoms with Gasteiger partial charge in [0.15, 0.2) is 0 Å². The predicted molar refractivity (Wildman–Crippen MR) is 76.0 cm³/mol. The summed E-state index contributed by atoms with van der Waals surface area (Å²) >= 11 is 0. The summed E-state index contributed by atoms with van der Waals surface area (Å²) in [6.07, 6.45) is 4.92. The number of piperazine rings is 1. The van der Waals surface area contributed by atoms with Crippen molar-refractivity contribution >= 4 is 5.91 Å². The molecule has 3 aliphatic heterocycles. The fourth-order valence-corrected chi connectivity index (χ4v) is 3.98. The molecule has 0 spiro atoms. The van der Waals surface area contributed by atoms with Crippen LogP contribution in [0.2, 0.25) is 0 Å². The van der Waals surface area contributed by atoms with Gasteiger partial charge in [0, 0.05) is 31.7 Å². The Bertz CT molecular complexity index is 351. The van der Waals surface area contributed by atoms with Gasteiger partial charge in [-0.1, -0.05) is 6.42 Å². The molecule has 1 N–H and O–H groups in total. The van der Waals surface area contributed by atoms with Crippen molar-refractivity contribution in [2.24, 2.45) is 5.41 Å². The van der Waals surface area contributed by atoms with E-state index in [-0.39, 0.29) is 5.41 Å². The Labute approximate surface area is 116 Å². The Balaban J connectivity index is 1.71. The van der Waals surface area contributed by atoms with Crippen LogP contribution in [0.4, 0.5) is 0 Å². The lowest BCUT2D eigenvalue weighted by Gasteiger charge is -2.49. The molecule has 3 heterocycles. The zero-order chi connectivity index (χ0) is 13.5. The van der Waals surface area contributed by atoms with E-state index < -0.39 is 0 Å². The molecule has 0 aromatic heterocycles. The van der Waals surface area contributed by atoms with Crippen molar-refractivity contribution in [3.8, 4) is 0 Å². The SMILES string of the molecule is CC1CN2CCCCC2CN1C(=O)C1(C)CCNC1. The molecule has 3 rings (SSSR count). The Morgan fingerprint density at radius 3 is 2.89 bits per heavy atom. The van der Waals surface area contributed by atoms with E-state index in [1.54, 1.807) is 0 Å². The summed E-state index contributed by atoms with van der Waals surface area (Å²) in [6.45, 7) is 9.44. The number of carbonyl (C=O) groups excluding carboxylic acids is 1. The number of carbonyl (C=O) groups is 1. The molecule has 0 aliphatic carbocycles. The first-order chi connectivity index (χ1) is 9.10. The summed E-state index contributed by atoms with van der Waals surface area (Å²) in [5.74, 6) is 0.384. The van der Waals surface area contributed by atoms with Gasteiger partial charge in [0.1, 0.15) is 0 Å². The van der Waals surface area contributed by atoms with Crippen molar-refractivity contribution in [2.75, 3.05) is 32.7 Å². The van der Waals surface area contributed by atoms with Gasteiger partial charge in [0.05, 0.1) is 5.41 Å². The van der Waals surface area contributed by atoms with Gasteiger partial charge in [0.25, 0.3) is 0 Å². The number of rotatable bonds is 1. The van der Waals surface area contributed by atoms with Gasteiger partial charge in [-0.05, 0) is 46.2 Å². The standard InChI is InChI=1S/C15H27N3O/c1-12-9-17-8-4-3-5-13(17)10-18(12)14(19)15(2)6-7-16-11-15/h12-13,16H,3-11H2,1-2H3. The number of amides is 1. The third-order valence-corrected chi connectivity index (χ3v) is 5.33. The summed E-state index contributed by atoms with van der Waals surface area (Å²) < 4.78 is 0. The zero-order valence-corrected chi connectivity index (χ0v) is 12.3. The van der Waals surface area contributed by atoms with Crippen LogP contribution in [0.5, 0.6) is 0 Å². The van der Waals surface area contributed by atoms with Crippen molar-refractivity contribution in [3.63, 3.8) is 0 Å². The van der Waals surface area contributed by atoms with Crippen LogP contribution >= 0.6 is 0 Å². The molecule has 3 fully saturated rings. The molecule has 1 amide bonds. The zero-order valence-electron chi connectivity index (χ0n) is 12.3. The van der Waals surface area contributed by atoms with E-state index in [9.17, 15) is 4.79 Å². The molecule has 3 unspecified atom stereocenters. The first-order valence-electron chi connectivity index (χ1n) is 7.86. The lowest BCUT2D eigenvalue weighted by Crippen LogP contribution is -2.62. The van der Waals surface area contributed by atoms with E-state index >= 15 is 0 Å². The first-order valence-corrected chi connectivity index (χ1v) is 7.86.